The van der Waals surface area contributed by atoms with E-state index in [-0.39, 0.29) is 43.1 Å². The molecule has 1 aliphatic rings. The number of aromatic nitrogens is 4. The van der Waals surface area contributed by atoms with Gasteiger partial charge in [0.15, 0.2) is 5.65 Å². The molecule has 0 radical (unpaired) electrons. The van der Waals surface area contributed by atoms with Gasteiger partial charge in [-0.1, -0.05) is 48.4 Å². The third-order valence-electron chi connectivity index (χ3n) is 6.60. The predicted octanol–water partition coefficient (Wildman–Crippen LogP) is 4.78. The zero-order valence-corrected chi connectivity index (χ0v) is 23.9. The van der Waals surface area contributed by atoms with Crippen LogP contribution in [0.2, 0.25) is 5.02 Å². The van der Waals surface area contributed by atoms with Crippen molar-refractivity contribution in [3.63, 3.8) is 0 Å². The van der Waals surface area contributed by atoms with Crippen molar-refractivity contribution in [3.05, 3.63) is 89.1 Å². The molecule has 1 fully saturated rings. The number of benzene rings is 2. The van der Waals surface area contributed by atoms with Crippen molar-refractivity contribution in [2.24, 2.45) is 0 Å². The van der Waals surface area contributed by atoms with Crippen molar-refractivity contribution in [2.75, 3.05) is 24.5 Å². The molecular formula is C27H27ClF2N7O4S-. The summed E-state index contributed by atoms with van der Waals surface area (Å²) in [5.74, 6) is -3.56. The fourth-order valence-corrected chi connectivity index (χ4v) is 5.88. The van der Waals surface area contributed by atoms with E-state index >= 15 is 0 Å². The molecule has 0 aliphatic carbocycles. The molecule has 5 rings (SSSR count). The fraction of sp³-hybridized carbons (Fsp3) is 0.296. The first kappa shape index (κ1) is 31.1. The lowest BCUT2D eigenvalue weighted by atomic mass is 10.0. The minimum Gasteiger partial charge on any atom is -0.674 e. The second kappa shape index (κ2) is 13.0. The van der Waals surface area contributed by atoms with Gasteiger partial charge in [0.25, 0.3) is 5.92 Å². The Bertz CT molecular complexity index is 1640. The number of halogens is 3. The van der Waals surface area contributed by atoms with Crippen LogP contribution >= 0.6 is 11.6 Å². The number of rotatable bonds is 7. The number of piperazine rings is 1. The summed E-state index contributed by atoms with van der Waals surface area (Å²) < 4.78 is 53.1. The molecule has 4 aromatic rings. The van der Waals surface area contributed by atoms with Crippen molar-refractivity contribution in [1.29, 1.82) is 0 Å². The smallest absolute Gasteiger partial charge is 0.323 e. The van der Waals surface area contributed by atoms with Crippen molar-refractivity contribution in [2.45, 2.75) is 36.7 Å². The first-order valence-corrected chi connectivity index (χ1v) is 14.6. The number of nitrogens with zero attached hydrogens (tertiary/aromatic N) is 6. The number of aliphatic carboxylic acids is 1. The Hall–Kier alpha value is -3.85. The molecule has 0 unspecified atom stereocenters. The number of carboxylic acid groups (broad SMARTS) is 1. The van der Waals surface area contributed by atoms with Gasteiger partial charge in [-0.3, -0.25) is 4.79 Å². The van der Waals surface area contributed by atoms with E-state index in [2.05, 4.69) is 19.9 Å². The number of nitrogens with one attached hydrogen (secondary N) is 1. The molecule has 0 saturated carbocycles. The van der Waals surface area contributed by atoms with Crippen LogP contribution < -0.4 is 4.90 Å². The van der Waals surface area contributed by atoms with Crippen LogP contribution in [0.1, 0.15) is 24.5 Å². The molecule has 0 amide bonds. The summed E-state index contributed by atoms with van der Waals surface area (Å²) in [5, 5.41) is 10.1. The molecule has 2 aromatic heterocycles. The molecule has 222 valence electrons. The van der Waals surface area contributed by atoms with E-state index in [1.807, 2.05) is 0 Å². The molecule has 1 aliphatic heterocycles. The van der Waals surface area contributed by atoms with Crippen LogP contribution in [-0.2, 0) is 27.3 Å². The maximum atomic E-state index is 13.1. The van der Waals surface area contributed by atoms with E-state index in [9.17, 15) is 27.1 Å². The van der Waals surface area contributed by atoms with Crippen molar-refractivity contribution < 1.29 is 27.1 Å². The number of sulfonamides is 1. The van der Waals surface area contributed by atoms with Gasteiger partial charge in [-0.25, -0.2) is 37.1 Å². The Kier molecular flexibility index (Phi) is 9.61. The standard InChI is InChI=1S/C17H15ClN6O4S.C10H12F2N/c18-11-1-3-12(4-2-11)29(27,28)24-6-5-23(9-14(24)17(25)26)15-8-20-13-7-19-10-21-16(13)22-15;1-2-10(11,12)9-5-3-8(7-13)4-6-9/h1-4,7-8,10,14H,5-6,9H2,(H,25,26);3-6,13H,2,7H2,1H3/q;-1/t14-;/m1./s1. The third-order valence-corrected chi connectivity index (χ3v) is 8.77. The molecule has 0 bridgehead atoms. The monoisotopic (exact) mass is 618 g/mol. The van der Waals surface area contributed by atoms with E-state index in [0.29, 0.717) is 22.0 Å². The highest BCUT2D eigenvalue weighted by molar-refractivity contribution is 7.89. The second-order valence-electron chi connectivity index (χ2n) is 9.26. The van der Waals surface area contributed by atoms with Gasteiger partial charge in [0.1, 0.15) is 23.7 Å². The fourth-order valence-electron chi connectivity index (χ4n) is 4.19. The Balaban J connectivity index is 0.000000262. The number of carbonyl (C=O) groups is 1. The van der Waals surface area contributed by atoms with E-state index in [1.54, 1.807) is 17.0 Å². The molecule has 11 nitrogen and oxygen atoms in total. The maximum Gasteiger partial charge on any atom is 0.323 e. The van der Waals surface area contributed by atoms with Gasteiger partial charge in [0.05, 0.1) is 17.3 Å². The predicted molar refractivity (Wildman–Crippen MR) is 153 cm³/mol. The molecular weight excluding hydrogens is 592 g/mol. The lowest BCUT2D eigenvalue weighted by Crippen LogP contribution is -2.58. The minimum atomic E-state index is -4.00. The minimum absolute atomic E-state index is 0.0104. The number of alkyl halides is 2. The van der Waals surface area contributed by atoms with Crippen LogP contribution in [0.15, 0.2) is 72.1 Å². The van der Waals surface area contributed by atoms with Crippen LogP contribution in [0.3, 0.4) is 0 Å². The number of hydrogen-bond donors (Lipinski definition) is 1. The topological polar surface area (TPSA) is 153 Å². The van der Waals surface area contributed by atoms with Gasteiger partial charge < -0.3 is 15.7 Å². The van der Waals surface area contributed by atoms with Crippen LogP contribution in [0.25, 0.3) is 16.9 Å². The molecule has 0 spiro atoms. The quantitative estimate of drug-likeness (QED) is 0.308. The number of anilines is 1. The molecule has 1 atom stereocenters. The van der Waals surface area contributed by atoms with E-state index in [1.165, 1.54) is 62.0 Å². The van der Waals surface area contributed by atoms with Crippen LogP contribution in [-0.4, -0.2) is 69.4 Å². The molecule has 2 N–H and O–H groups in total. The van der Waals surface area contributed by atoms with Gasteiger partial charge >= 0.3 is 5.97 Å². The number of carboxylic acids is 1. The summed E-state index contributed by atoms with van der Waals surface area (Å²) in [5.41, 5.74) is 8.71. The highest BCUT2D eigenvalue weighted by Gasteiger charge is 2.40. The normalized spacial score (nSPS) is 16.1. The van der Waals surface area contributed by atoms with E-state index < -0.39 is 28.0 Å². The van der Waals surface area contributed by atoms with E-state index in [4.69, 9.17) is 17.3 Å². The zero-order chi connectivity index (χ0) is 30.5. The van der Waals surface area contributed by atoms with Gasteiger partial charge in [-0.05, 0) is 24.3 Å². The average molecular weight is 619 g/mol. The lowest BCUT2D eigenvalue weighted by molar-refractivity contribution is -0.141. The molecule has 3 heterocycles. The van der Waals surface area contributed by atoms with Crippen molar-refractivity contribution >= 4 is 44.6 Å². The Morgan fingerprint density at radius 2 is 1.79 bits per heavy atom. The van der Waals surface area contributed by atoms with Crippen LogP contribution in [0, 0.1) is 0 Å². The highest BCUT2D eigenvalue weighted by atomic mass is 35.5. The number of hydrogen-bond acceptors (Lipinski definition) is 8. The van der Waals surface area contributed by atoms with Crippen LogP contribution in [0.4, 0.5) is 14.6 Å². The zero-order valence-electron chi connectivity index (χ0n) is 22.4. The largest absolute Gasteiger partial charge is 0.674 e. The second-order valence-corrected chi connectivity index (χ2v) is 11.6. The summed E-state index contributed by atoms with van der Waals surface area (Å²) in [4.78, 5) is 30.1. The first-order valence-electron chi connectivity index (χ1n) is 12.8. The van der Waals surface area contributed by atoms with Gasteiger partial charge in [0.2, 0.25) is 10.0 Å². The summed E-state index contributed by atoms with van der Waals surface area (Å²) >= 11 is 5.82. The van der Waals surface area contributed by atoms with E-state index in [0.717, 1.165) is 9.87 Å². The average Bonchev–Trinajstić information content (AvgIpc) is 3.01. The van der Waals surface area contributed by atoms with Crippen molar-refractivity contribution in [3.8, 4) is 0 Å². The number of fused-ring (bicyclic) bond motifs is 1. The molecule has 1 saturated heterocycles. The lowest BCUT2D eigenvalue weighted by Gasteiger charge is -2.38. The summed E-state index contributed by atoms with van der Waals surface area (Å²) in [7, 11) is -4.00. The Labute approximate surface area is 246 Å². The van der Waals surface area contributed by atoms with Gasteiger partial charge in [0, 0.05) is 36.6 Å². The SMILES string of the molecule is CCC(F)(F)c1ccc(C[NH-])cc1.O=C(O)[C@H]1CN(c2cnc3cncnc3n2)CCN1S(=O)(=O)c1ccc(Cl)cc1. The summed E-state index contributed by atoms with van der Waals surface area (Å²) in [6.45, 7) is 1.75. The summed E-state index contributed by atoms with van der Waals surface area (Å²) in [6.07, 6.45) is 4.18. The van der Waals surface area contributed by atoms with Gasteiger partial charge in [-0.2, -0.15) is 4.31 Å². The Morgan fingerprint density at radius 1 is 1.10 bits per heavy atom. The van der Waals surface area contributed by atoms with Gasteiger partial charge in [-0.15, -0.1) is 6.54 Å². The Morgan fingerprint density at radius 3 is 2.40 bits per heavy atom. The summed E-state index contributed by atoms with van der Waals surface area (Å²) in [6, 6.07) is 10.3. The van der Waals surface area contributed by atoms with Crippen LogP contribution in [0.5, 0.6) is 0 Å². The first-order chi connectivity index (χ1) is 20.0. The molecule has 42 heavy (non-hydrogen) atoms. The molecule has 2 aromatic carbocycles. The molecule has 15 heteroatoms. The maximum absolute atomic E-state index is 13.1. The highest BCUT2D eigenvalue weighted by Crippen LogP contribution is 2.31. The van der Waals surface area contributed by atoms with Crippen molar-refractivity contribution in [1.82, 2.24) is 24.2 Å². The third kappa shape index (κ3) is 6.95.